The summed E-state index contributed by atoms with van der Waals surface area (Å²) < 4.78 is 26.8. The number of nitrogens with two attached hydrogens (primary N) is 1. The standard InChI is InChI=1S/C13H20N4O2S/c14-13(15)11-5-3-6-12(11)17-20(18,19)9-7-10-4-1-2-8-16-10/h1-2,4,8,11-12,17H,3,5-7,9H2,(H3,14,15). The zero-order valence-electron chi connectivity index (χ0n) is 11.2. The highest BCUT2D eigenvalue weighted by molar-refractivity contribution is 7.89. The molecule has 2 unspecified atom stereocenters. The first-order chi connectivity index (χ1) is 9.48. The minimum Gasteiger partial charge on any atom is -0.387 e. The van der Waals surface area contributed by atoms with Crippen molar-refractivity contribution in [3.05, 3.63) is 30.1 Å². The highest BCUT2D eigenvalue weighted by atomic mass is 32.2. The van der Waals surface area contributed by atoms with E-state index in [1.165, 1.54) is 0 Å². The van der Waals surface area contributed by atoms with Crippen LogP contribution in [0.1, 0.15) is 25.0 Å². The van der Waals surface area contributed by atoms with E-state index < -0.39 is 10.0 Å². The van der Waals surface area contributed by atoms with Crippen molar-refractivity contribution in [3.8, 4) is 0 Å². The van der Waals surface area contributed by atoms with Gasteiger partial charge in [-0.15, -0.1) is 0 Å². The molecule has 4 N–H and O–H groups in total. The molecule has 1 aliphatic carbocycles. The molecule has 0 spiro atoms. The third kappa shape index (κ3) is 4.01. The van der Waals surface area contributed by atoms with Crippen molar-refractivity contribution >= 4 is 15.9 Å². The first-order valence-corrected chi connectivity index (χ1v) is 8.37. The summed E-state index contributed by atoms with van der Waals surface area (Å²) in [5.41, 5.74) is 6.27. The van der Waals surface area contributed by atoms with Crippen molar-refractivity contribution in [1.82, 2.24) is 9.71 Å². The van der Waals surface area contributed by atoms with Gasteiger partial charge in [-0.1, -0.05) is 12.5 Å². The zero-order valence-corrected chi connectivity index (χ0v) is 12.1. The minimum atomic E-state index is -3.37. The summed E-state index contributed by atoms with van der Waals surface area (Å²) in [5, 5.41) is 7.50. The molecule has 1 heterocycles. The fourth-order valence-corrected chi connectivity index (χ4v) is 3.89. The van der Waals surface area contributed by atoms with Crippen LogP contribution in [0.2, 0.25) is 0 Å². The van der Waals surface area contributed by atoms with Crippen LogP contribution in [-0.2, 0) is 16.4 Å². The average molecular weight is 296 g/mol. The van der Waals surface area contributed by atoms with E-state index in [1.807, 2.05) is 12.1 Å². The van der Waals surface area contributed by atoms with E-state index >= 15 is 0 Å². The van der Waals surface area contributed by atoms with Crippen LogP contribution < -0.4 is 10.5 Å². The van der Waals surface area contributed by atoms with Crippen LogP contribution in [0, 0.1) is 11.3 Å². The first kappa shape index (κ1) is 14.9. The summed E-state index contributed by atoms with van der Waals surface area (Å²) in [5.74, 6) is -0.0925. The molecule has 1 aromatic rings. The summed E-state index contributed by atoms with van der Waals surface area (Å²) >= 11 is 0. The number of sulfonamides is 1. The Bertz CT molecular complexity index is 559. The van der Waals surface area contributed by atoms with Crippen LogP contribution >= 0.6 is 0 Å². The van der Waals surface area contributed by atoms with E-state index in [-0.39, 0.29) is 23.5 Å². The van der Waals surface area contributed by atoms with Gasteiger partial charge in [0.05, 0.1) is 11.6 Å². The summed E-state index contributed by atoms with van der Waals surface area (Å²) in [6.07, 6.45) is 4.46. The molecular formula is C13H20N4O2S. The van der Waals surface area contributed by atoms with Gasteiger partial charge >= 0.3 is 0 Å². The lowest BCUT2D eigenvalue weighted by molar-refractivity contribution is 0.521. The highest BCUT2D eigenvalue weighted by Gasteiger charge is 2.32. The Balaban J connectivity index is 1.92. The SMILES string of the molecule is N=C(N)C1CCCC1NS(=O)(=O)CCc1ccccn1. The Morgan fingerprint density at radius 3 is 2.90 bits per heavy atom. The molecule has 0 saturated heterocycles. The number of amidine groups is 1. The number of hydrogen-bond donors (Lipinski definition) is 3. The normalized spacial score (nSPS) is 22.8. The van der Waals surface area contributed by atoms with E-state index in [0.717, 1.165) is 25.0 Å². The number of rotatable bonds is 6. The summed E-state index contributed by atoms with van der Waals surface area (Å²) in [7, 11) is -3.37. The molecule has 1 fully saturated rings. The summed E-state index contributed by atoms with van der Waals surface area (Å²) in [6.45, 7) is 0. The van der Waals surface area contributed by atoms with Gasteiger partial charge < -0.3 is 5.73 Å². The number of hydrogen-bond acceptors (Lipinski definition) is 4. The van der Waals surface area contributed by atoms with Crippen LogP contribution in [0.25, 0.3) is 0 Å². The number of nitrogens with one attached hydrogen (secondary N) is 2. The first-order valence-electron chi connectivity index (χ1n) is 6.72. The lowest BCUT2D eigenvalue weighted by atomic mass is 10.0. The molecule has 0 bridgehead atoms. The zero-order chi connectivity index (χ0) is 14.6. The van der Waals surface area contributed by atoms with Crippen LogP contribution in [0.4, 0.5) is 0 Å². The monoisotopic (exact) mass is 296 g/mol. The van der Waals surface area contributed by atoms with Crippen molar-refractivity contribution in [2.45, 2.75) is 31.7 Å². The number of pyridine rings is 1. The molecule has 2 atom stereocenters. The van der Waals surface area contributed by atoms with Crippen molar-refractivity contribution in [2.75, 3.05) is 5.75 Å². The second-order valence-electron chi connectivity index (χ2n) is 5.11. The van der Waals surface area contributed by atoms with Crippen molar-refractivity contribution in [1.29, 1.82) is 5.41 Å². The van der Waals surface area contributed by atoms with Crippen LogP contribution in [0.15, 0.2) is 24.4 Å². The largest absolute Gasteiger partial charge is 0.387 e. The predicted octanol–water partition coefficient (Wildman–Crippen LogP) is 0.648. The lowest BCUT2D eigenvalue weighted by Crippen LogP contribution is -2.43. The fourth-order valence-electron chi connectivity index (χ4n) is 2.55. The maximum Gasteiger partial charge on any atom is 0.212 e. The predicted molar refractivity (Wildman–Crippen MR) is 77.9 cm³/mol. The Hall–Kier alpha value is -1.47. The average Bonchev–Trinajstić information content (AvgIpc) is 2.85. The Labute approximate surface area is 119 Å². The Morgan fingerprint density at radius 2 is 2.25 bits per heavy atom. The molecule has 0 aliphatic heterocycles. The van der Waals surface area contributed by atoms with Gasteiger partial charge in [0.1, 0.15) is 0 Å². The molecule has 0 aromatic carbocycles. The minimum absolute atomic E-state index is 0.00510. The highest BCUT2D eigenvalue weighted by Crippen LogP contribution is 2.26. The van der Waals surface area contributed by atoms with Crippen LogP contribution in [0.3, 0.4) is 0 Å². The van der Waals surface area contributed by atoms with Gasteiger partial charge in [0.2, 0.25) is 10.0 Å². The molecule has 0 amide bonds. The quantitative estimate of drug-likeness (QED) is 0.529. The van der Waals surface area contributed by atoms with Gasteiger partial charge in [0, 0.05) is 30.3 Å². The summed E-state index contributed by atoms with van der Waals surface area (Å²) in [6, 6.07) is 5.21. The Kier molecular flexibility index (Phi) is 4.72. The van der Waals surface area contributed by atoms with Crippen molar-refractivity contribution < 1.29 is 8.42 Å². The third-order valence-electron chi connectivity index (χ3n) is 3.60. The fraction of sp³-hybridized carbons (Fsp3) is 0.538. The maximum atomic E-state index is 12.1. The molecule has 1 aliphatic rings. The van der Waals surface area contributed by atoms with Gasteiger partial charge in [-0.25, -0.2) is 13.1 Å². The third-order valence-corrected chi connectivity index (χ3v) is 5.00. The number of nitrogens with zero attached hydrogens (tertiary/aromatic N) is 1. The van der Waals surface area contributed by atoms with Gasteiger partial charge in [-0.2, -0.15) is 0 Å². The molecule has 7 heteroatoms. The van der Waals surface area contributed by atoms with Gasteiger partial charge in [0.15, 0.2) is 0 Å². The van der Waals surface area contributed by atoms with Crippen LogP contribution in [0.5, 0.6) is 0 Å². The van der Waals surface area contributed by atoms with Gasteiger partial charge in [0.25, 0.3) is 0 Å². The van der Waals surface area contributed by atoms with E-state index in [9.17, 15) is 8.42 Å². The topological polar surface area (TPSA) is 109 Å². The number of aromatic nitrogens is 1. The second kappa shape index (κ2) is 6.32. The van der Waals surface area contributed by atoms with Crippen molar-refractivity contribution in [3.63, 3.8) is 0 Å². The van der Waals surface area contributed by atoms with Gasteiger partial charge in [-0.3, -0.25) is 10.4 Å². The lowest BCUT2D eigenvalue weighted by Gasteiger charge is -2.19. The van der Waals surface area contributed by atoms with E-state index in [1.54, 1.807) is 12.3 Å². The molecular weight excluding hydrogens is 276 g/mol. The molecule has 1 aromatic heterocycles. The molecule has 1 saturated carbocycles. The number of aryl methyl sites for hydroxylation is 1. The molecule has 0 radical (unpaired) electrons. The smallest absolute Gasteiger partial charge is 0.212 e. The van der Waals surface area contributed by atoms with E-state index in [2.05, 4.69) is 9.71 Å². The molecule has 110 valence electrons. The maximum absolute atomic E-state index is 12.1. The van der Waals surface area contributed by atoms with Crippen molar-refractivity contribution in [2.24, 2.45) is 11.7 Å². The second-order valence-corrected chi connectivity index (χ2v) is 6.98. The Morgan fingerprint density at radius 1 is 1.45 bits per heavy atom. The molecule has 6 nitrogen and oxygen atoms in total. The van der Waals surface area contributed by atoms with Crippen LogP contribution in [-0.4, -0.2) is 31.0 Å². The molecule has 20 heavy (non-hydrogen) atoms. The summed E-state index contributed by atoms with van der Waals surface area (Å²) in [4.78, 5) is 4.11. The van der Waals surface area contributed by atoms with Gasteiger partial charge in [-0.05, 0) is 25.0 Å². The van der Waals surface area contributed by atoms with E-state index in [4.69, 9.17) is 11.1 Å². The molecule has 2 rings (SSSR count). The van der Waals surface area contributed by atoms with E-state index in [0.29, 0.717) is 6.42 Å².